The summed E-state index contributed by atoms with van der Waals surface area (Å²) in [6, 6.07) is 9.87. The third-order valence-electron chi connectivity index (χ3n) is 3.57. The maximum absolute atomic E-state index is 12.7. The van der Waals surface area contributed by atoms with Crippen LogP contribution >= 0.6 is 11.8 Å². The number of hydrogen-bond acceptors (Lipinski definition) is 5. The lowest BCUT2D eigenvalue weighted by atomic mass is 10.2. The molecule has 6 nitrogen and oxygen atoms in total. The van der Waals surface area contributed by atoms with E-state index in [1.807, 2.05) is 30.3 Å². The van der Waals surface area contributed by atoms with Gasteiger partial charge >= 0.3 is 0 Å². The molecule has 0 saturated heterocycles. The van der Waals surface area contributed by atoms with E-state index in [0.717, 1.165) is 17.0 Å². The monoisotopic (exact) mass is 313 g/mol. The fourth-order valence-corrected chi connectivity index (χ4v) is 3.55. The molecule has 2 heterocycles. The Morgan fingerprint density at radius 2 is 2.32 bits per heavy atom. The van der Waals surface area contributed by atoms with Crippen LogP contribution in [0.3, 0.4) is 0 Å². The van der Waals surface area contributed by atoms with E-state index >= 15 is 0 Å². The van der Waals surface area contributed by atoms with Crippen molar-refractivity contribution in [3.05, 3.63) is 36.4 Å². The summed E-state index contributed by atoms with van der Waals surface area (Å²) in [5, 5.41) is 16.8. The molecule has 22 heavy (non-hydrogen) atoms. The predicted molar refractivity (Wildman–Crippen MR) is 83.5 cm³/mol. The highest BCUT2D eigenvalue weighted by atomic mass is 32.2. The second-order valence-corrected chi connectivity index (χ2v) is 6.60. The molecule has 0 spiro atoms. The van der Waals surface area contributed by atoms with Gasteiger partial charge in [-0.15, -0.1) is 22.0 Å². The molecule has 1 atom stereocenters. The summed E-state index contributed by atoms with van der Waals surface area (Å²) in [7, 11) is 0. The number of nitriles is 1. The molecule has 3 rings (SSSR count). The van der Waals surface area contributed by atoms with Crippen molar-refractivity contribution in [2.45, 2.75) is 30.0 Å². The minimum absolute atomic E-state index is 0.0570. The van der Waals surface area contributed by atoms with Crippen LogP contribution in [0.5, 0.6) is 0 Å². The number of carbonyl (C=O) groups excluding carboxylic acids is 1. The Morgan fingerprint density at radius 1 is 1.50 bits per heavy atom. The standard InChI is InChI=1S/C15H15N5OS/c1-11-6-7-20(12-4-2-3-5-13(12)22-11)15(21)9-19-10-17-18-14(19)8-16/h2-5,10-11H,6-7,9H2,1H3/t11-/m1/s1. The average molecular weight is 313 g/mol. The zero-order valence-corrected chi connectivity index (χ0v) is 13.0. The first-order valence-electron chi connectivity index (χ1n) is 7.03. The number of carbonyl (C=O) groups is 1. The summed E-state index contributed by atoms with van der Waals surface area (Å²) in [5.41, 5.74) is 0.938. The molecule has 0 radical (unpaired) electrons. The van der Waals surface area contributed by atoms with Crippen molar-refractivity contribution in [3.63, 3.8) is 0 Å². The minimum Gasteiger partial charge on any atom is -0.310 e. The normalized spacial score (nSPS) is 17.5. The van der Waals surface area contributed by atoms with Crippen molar-refractivity contribution >= 4 is 23.4 Å². The van der Waals surface area contributed by atoms with Gasteiger partial charge in [0, 0.05) is 16.7 Å². The van der Waals surface area contributed by atoms with Crippen molar-refractivity contribution in [2.24, 2.45) is 0 Å². The van der Waals surface area contributed by atoms with Gasteiger partial charge in [-0.25, -0.2) is 0 Å². The highest BCUT2D eigenvalue weighted by molar-refractivity contribution is 8.00. The van der Waals surface area contributed by atoms with Crippen LogP contribution in [0.4, 0.5) is 5.69 Å². The van der Waals surface area contributed by atoms with Crippen LogP contribution in [0.25, 0.3) is 0 Å². The highest BCUT2D eigenvalue weighted by Gasteiger charge is 2.24. The molecule has 1 amide bonds. The zero-order chi connectivity index (χ0) is 15.5. The molecule has 112 valence electrons. The molecule has 1 aromatic carbocycles. The van der Waals surface area contributed by atoms with Crippen molar-refractivity contribution in [1.29, 1.82) is 5.26 Å². The average Bonchev–Trinajstić information content (AvgIpc) is 2.88. The molecule has 0 N–H and O–H groups in total. The van der Waals surface area contributed by atoms with Gasteiger partial charge in [-0.2, -0.15) is 5.26 Å². The molecule has 0 unspecified atom stereocenters. The Bertz CT molecular complexity index is 736. The Kier molecular flexibility index (Phi) is 4.11. The van der Waals surface area contributed by atoms with Crippen LogP contribution in [0.15, 0.2) is 35.5 Å². The highest BCUT2D eigenvalue weighted by Crippen LogP contribution is 2.37. The molecule has 7 heteroatoms. The first kappa shape index (κ1) is 14.6. The van der Waals surface area contributed by atoms with Crippen molar-refractivity contribution in [3.8, 4) is 6.07 Å². The smallest absolute Gasteiger partial charge is 0.247 e. The maximum Gasteiger partial charge on any atom is 0.247 e. The molecule has 0 aliphatic carbocycles. The molecule has 1 aromatic heterocycles. The van der Waals surface area contributed by atoms with E-state index in [9.17, 15) is 4.79 Å². The second-order valence-electron chi connectivity index (χ2n) is 5.12. The number of hydrogen-bond donors (Lipinski definition) is 0. The third kappa shape index (κ3) is 2.83. The van der Waals surface area contributed by atoms with E-state index in [1.54, 1.807) is 16.7 Å². The molecule has 1 aliphatic heterocycles. The van der Waals surface area contributed by atoms with E-state index in [2.05, 4.69) is 17.1 Å². The molecule has 0 saturated carbocycles. The summed E-state index contributed by atoms with van der Waals surface area (Å²) < 4.78 is 1.48. The third-order valence-corrected chi connectivity index (χ3v) is 4.80. The van der Waals surface area contributed by atoms with Gasteiger partial charge in [0.05, 0.1) is 5.69 Å². The number of aromatic nitrogens is 3. The number of fused-ring (bicyclic) bond motifs is 1. The fourth-order valence-electron chi connectivity index (χ4n) is 2.43. The second kappa shape index (κ2) is 6.20. The zero-order valence-electron chi connectivity index (χ0n) is 12.1. The number of benzene rings is 1. The lowest BCUT2D eigenvalue weighted by Crippen LogP contribution is -2.35. The maximum atomic E-state index is 12.7. The van der Waals surface area contributed by atoms with Gasteiger partial charge in [0.15, 0.2) is 0 Å². The van der Waals surface area contributed by atoms with E-state index in [4.69, 9.17) is 5.26 Å². The van der Waals surface area contributed by atoms with Crippen LogP contribution in [0, 0.1) is 11.3 Å². The number of nitrogens with zero attached hydrogens (tertiary/aromatic N) is 5. The quantitative estimate of drug-likeness (QED) is 0.848. The van der Waals surface area contributed by atoms with E-state index in [1.165, 1.54) is 10.9 Å². The van der Waals surface area contributed by atoms with E-state index in [-0.39, 0.29) is 18.3 Å². The molecule has 0 bridgehead atoms. The Morgan fingerprint density at radius 3 is 3.14 bits per heavy atom. The van der Waals surface area contributed by atoms with Crippen LogP contribution < -0.4 is 4.90 Å². The van der Waals surface area contributed by atoms with Crippen LogP contribution in [0.2, 0.25) is 0 Å². The first-order valence-corrected chi connectivity index (χ1v) is 7.91. The van der Waals surface area contributed by atoms with E-state index < -0.39 is 0 Å². The number of amides is 1. The number of anilines is 1. The Hall–Kier alpha value is -2.33. The lowest BCUT2D eigenvalue weighted by Gasteiger charge is -2.22. The van der Waals surface area contributed by atoms with Crippen molar-refractivity contribution in [2.75, 3.05) is 11.4 Å². The summed E-state index contributed by atoms with van der Waals surface area (Å²) >= 11 is 1.79. The van der Waals surface area contributed by atoms with Crippen molar-refractivity contribution < 1.29 is 4.79 Å². The van der Waals surface area contributed by atoms with Gasteiger partial charge in [-0.05, 0) is 18.6 Å². The molecule has 1 aliphatic rings. The van der Waals surface area contributed by atoms with Crippen LogP contribution in [-0.4, -0.2) is 32.5 Å². The van der Waals surface area contributed by atoms with Gasteiger partial charge in [-0.1, -0.05) is 19.1 Å². The summed E-state index contributed by atoms with van der Waals surface area (Å²) in [4.78, 5) is 15.6. The molecule has 0 fully saturated rings. The van der Waals surface area contributed by atoms with Crippen molar-refractivity contribution in [1.82, 2.24) is 14.8 Å². The fraction of sp³-hybridized carbons (Fsp3) is 0.333. The summed E-state index contributed by atoms with van der Waals surface area (Å²) in [6.45, 7) is 2.92. The SMILES string of the molecule is C[C@@H]1CCN(C(=O)Cn2cnnc2C#N)c2ccccc2S1. The van der Waals surface area contributed by atoms with Crippen LogP contribution in [-0.2, 0) is 11.3 Å². The summed E-state index contributed by atoms with van der Waals surface area (Å²) in [6.07, 6.45) is 2.34. The first-order chi connectivity index (χ1) is 10.7. The Balaban J connectivity index is 1.88. The number of thioether (sulfide) groups is 1. The number of rotatable bonds is 2. The lowest BCUT2D eigenvalue weighted by molar-refractivity contribution is -0.119. The summed E-state index contributed by atoms with van der Waals surface area (Å²) in [5.74, 6) is 0.0950. The largest absolute Gasteiger partial charge is 0.310 e. The van der Waals surface area contributed by atoms with Gasteiger partial charge < -0.3 is 4.90 Å². The topological polar surface area (TPSA) is 74.8 Å². The van der Waals surface area contributed by atoms with E-state index in [0.29, 0.717) is 11.8 Å². The predicted octanol–water partition coefficient (Wildman–Crippen LogP) is 2.07. The molecule has 2 aromatic rings. The van der Waals surface area contributed by atoms with Gasteiger partial charge in [0.25, 0.3) is 0 Å². The Labute approximate surface area is 132 Å². The van der Waals surface area contributed by atoms with Crippen LogP contribution in [0.1, 0.15) is 19.2 Å². The van der Waals surface area contributed by atoms with Gasteiger partial charge in [-0.3, -0.25) is 9.36 Å². The minimum atomic E-state index is -0.0570. The molecular weight excluding hydrogens is 298 g/mol. The molecular formula is C15H15N5OS. The van der Waals surface area contributed by atoms with Gasteiger partial charge in [0.2, 0.25) is 11.7 Å². The number of para-hydroxylation sites is 1. The van der Waals surface area contributed by atoms with Gasteiger partial charge in [0.1, 0.15) is 18.9 Å².